The quantitative estimate of drug-likeness (QED) is 0.442. The predicted molar refractivity (Wildman–Crippen MR) is 94.6 cm³/mol. The second-order valence-corrected chi connectivity index (χ2v) is 6.03. The molecule has 3 rings (SSSR count). The maximum atomic E-state index is 12.2. The fourth-order valence-corrected chi connectivity index (χ4v) is 3.20. The van der Waals surface area contributed by atoms with Crippen LogP contribution in [0.5, 0.6) is 22.3 Å². The lowest BCUT2D eigenvalue weighted by molar-refractivity contribution is 0.100. The monoisotopic (exact) mass is 362 g/mol. The molecule has 132 valence electrons. The van der Waals surface area contributed by atoms with Gasteiger partial charge in [-0.2, -0.15) is 0 Å². The van der Waals surface area contributed by atoms with Gasteiger partial charge >= 0.3 is 0 Å². The molecule has 0 aliphatic rings. The first-order chi connectivity index (χ1) is 12.2. The van der Waals surface area contributed by atoms with Crippen LogP contribution in [-0.4, -0.2) is 33.2 Å². The number of ketones is 1. The Morgan fingerprint density at radius 2 is 1.84 bits per heavy atom. The Balaban J connectivity index is 1.93. The van der Waals surface area contributed by atoms with E-state index in [9.17, 15) is 4.79 Å². The molecule has 7 heteroatoms. The first-order valence-electron chi connectivity index (χ1n) is 7.62. The van der Waals surface area contributed by atoms with Gasteiger partial charge in [-0.25, -0.2) is 0 Å². The van der Waals surface area contributed by atoms with Crippen molar-refractivity contribution in [3.05, 3.63) is 35.4 Å². The largest absolute Gasteiger partial charge is 0.495 e. The molecule has 3 aromatic rings. The summed E-state index contributed by atoms with van der Waals surface area (Å²) in [7, 11) is 3.01. The minimum Gasteiger partial charge on any atom is -0.495 e. The molecule has 2 heterocycles. The lowest BCUT2D eigenvalue weighted by atomic mass is 10.0. The van der Waals surface area contributed by atoms with Crippen molar-refractivity contribution in [2.75, 3.05) is 27.4 Å². The Kier molecular flexibility index (Phi) is 5.14. The average molecular weight is 362 g/mol. The van der Waals surface area contributed by atoms with E-state index < -0.39 is 0 Å². The van der Waals surface area contributed by atoms with Gasteiger partial charge < -0.3 is 23.4 Å². The molecule has 0 amide bonds. The van der Waals surface area contributed by atoms with Gasteiger partial charge in [0.1, 0.15) is 24.5 Å². The summed E-state index contributed by atoms with van der Waals surface area (Å²) in [6.07, 6.45) is 1.52. The van der Waals surface area contributed by atoms with Crippen molar-refractivity contribution in [1.82, 2.24) is 0 Å². The molecule has 0 radical (unpaired) electrons. The zero-order valence-corrected chi connectivity index (χ0v) is 15.0. The number of benzene rings is 1. The molecule has 0 atom stereocenters. The van der Waals surface area contributed by atoms with E-state index in [0.29, 0.717) is 40.4 Å². The van der Waals surface area contributed by atoms with Gasteiger partial charge in [-0.15, -0.1) is 11.3 Å². The lowest BCUT2D eigenvalue weighted by Crippen LogP contribution is -2.12. The highest BCUT2D eigenvalue weighted by molar-refractivity contribution is 7.11. The highest BCUT2D eigenvalue weighted by atomic mass is 32.1. The number of furan rings is 1. The first kappa shape index (κ1) is 17.2. The average Bonchev–Trinajstić information content (AvgIpc) is 3.28. The van der Waals surface area contributed by atoms with Gasteiger partial charge in [0.05, 0.1) is 25.9 Å². The van der Waals surface area contributed by atoms with Gasteiger partial charge in [0, 0.05) is 0 Å². The Morgan fingerprint density at radius 1 is 1.08 bits per heavy atom. The molecule has 0 spiro atoms. The number of hydrogen-bond acceptors (Lipinski definition) is 7. The van der Waals surface area contributed by atoms with Gasteiger partial charge in [0.2, 0.25) is 5.75 Å². The minimum absolute atomic E-state index is 0.188. The van der Waals surface area contributed by atoms with Crippen molar-refractivity contribution in [1.29, 1.82) is 0 Å². The van der Waals surface area contributed by atoms with Crippen LogP contribution >= 0.6 is 11.3 Å². The van der Waals surface area contributed by atoms with Crippen LogP contribution in [0.2, 0.25) is 0 Å². The fraction of sp³-hybridized carbons (Fsp3) is 0.278. The van der Waals surface area contributed by atoms with E-state index in [0.717, 1.165) is 5.06 Å². The number of fused-ring (bicyclic) bond motifs is 1. The number of hydrogen-bond donors (Lipinski definition) is 0. The number of ether oxygens (including phenoxy) is 4. The third-order valence-corrected chi connectivity index (χ3v) is 4.39. The van der Waals surface area contributed by atoms with E-state index in [1.165, 1.54) is 38.7 Å². The fourth-order valence-electron chi connectivity index (χ4n) is 2.60. The molecule has 0 fully saturated rings. The van der Waals surface area contributed by atoms with E-state index >= 15 is 0 Å². The van der Waals surface area contributed by atoms with E-state index in [1.54, 1.807) is 6.07 Å². The Hall–Kier alpha value is -2.67. The standard InChI is InChI=1S/C18H18O6S/c1-11(19)14-15(20-2)12-6-7-23-16(12)18(21-3)17(14)24-9-8-22-13-5-4-10-25-13/h4-7,10H,8-9H2,1-3H3. The molecule has 0 unspecified atom stereocenters. The zero-order chi connectivity index (χ0) is 17.8. The molecule has 0 saturated heterocycles. The van der Waals surface area contributed by atoms with E-state index in [1.807, 2.05) is 17.5 Å². The SMILES string of the molecule is COc1c(C(C)=O)c(OCCOc2cccs2)c(OC)c2occc12. The Bertz CT molecular complexity index is 865. The van der Waals surface area contributed by atoms with Crippen LogP contribution in [0.15, 0.2) is 34.3 Å². The third kappa shape index (κ3) is 3.28. The number of methoxy groups -OCH3 is 2. The van der Waals surface area contributed by atoms with E-state index in [2.05, 4.69) is 0 Å². The summed E-state index contributed by atoms with van der Waals surface area (Å²) in [6.45, 7) is 2.03. The number of thiophene rings is 1. The number of rotatable bonds is 8. The Morgan fingerprint density at radius 3 is 2.48 bits per heavy atom. The molecule has 2 aromatic heterocycles. The summed E-state index contributed by atoms with van der Waals surface area (Å²) in [4.78, 5) is 12.2. The molecule has 1 aromatic carbocycles. The summed E-state index contributed by atoms with van der Waals surface area (Å²) in [6, 6.07) is 5.52. The highest BCUT2D eigenvalue weighted by Gasteiger charge is 2.27. The number of Topliss-reactive ketones (excluding diaryl/α,β-unsaturated/α-hetero) is 1. The molecule has 0 N–H and O–H groups in total. The van der Waals surface area contributed by atoms with E-state index in [-0.39, 0.29) is 12.4 Å². The molecule has 25 heavy (non-hydrogen) atoms. The second kappa shape index (κ2) is 7.48. The molecular formula is C18H18O6S. The van der Waals surface area contributed by atoms with Gasteiger partial charge in [-0.05, 0) is 30.5 Å². The van der Waals surface area contributed by atoms with Crippen LogP contribution in [0.25, 0.3) is 11.0 Å². The minimum atomic E-state index is -0.188. The summed E-state index contributed by atoms with van der Waals surface area (Å²) < 4.78 is 27.8. The van der Waals surface area contributed by atoms with Gasteiger partial charge in [0.15, 0.2) is 22.2 Å². The maximum Gasteiger partial charge on any atom is 0.205 e. The highest BCUT2D eigenvalue weighted by Crippen LogP contribution is 2.46. The normalized spacial score (nSPS) is 10.7. The molecule has 0 aliphatic carbocycles. The maximum absolute atomic E-state index is 12.2. The van der Waals surface area contributed by atoms with Gasteiger partial charge in [0.25, 0.3) is 0 Å². The van der Waals surface area contributed by atoms with Crippen molar-refractivity contribution in [2.24, 2.45) is 0 Å². The predicted octanol–water partition coefficient (Wildman–Crippen LogP) is 4.17. The summed E-state index contributed by atoms with van der Waals surface area (Å²) in [5.74, 6) is 0.879. The molecular weight excluding hydrogens is 344 g/mol. The van der Waals surface area contributed by atoms with Crippen molar-refractivity contribution in [3.8, 4) is 22.3 Å². The van der Waals surface area contributed by atoms with Gasteiger partial charge in [-0.3, -0.25) is 4.79 Å². The third-order valence-electron chi connectivity index (χ3n) is 3.61. The summed E-state index contributed by atoms with van der Waals surface area (Å²) in [5, 5.41) is 3.40. The van der Waals surface area contributed by atoms with Crippen molar-refractivity contribution in [3.63, 3.8) is 0 Å². The molecule has 0 bridgehead atoms. The van der Waals surface area contributed by atoms with Crippen molar-refractivity contribution >= 4 is 28.1 Å². The van der Waals surface area contributed by atoms with E-state index in [4.69, 9.17) is 23.4 Å². The van der Waals surface area contributed by atoms with Crippen molar-refractivity contribution in [2.45, 2.75) is 6.92 Å². The van der Waals surface area contributed by atoms with Crippen LogP contribution in [0.1, 0.15) is 17.3 Å². The van der Waals surface area contributed by atoms with Crippen molar-refractivity contribution < 1.29 is 28.2 Å². The van der Waals surface area contributed by atoms with Gasteiger partial charge in [-0.1, -0.05) is 0 Å². The topological polar surface area (TPSA) is 67.1 Å². The van der Waals surface area contributed by atoms with Crippen LogP contribution in [0.3, 0.4) is 0 Å². The molecule has 0 saturated carbocycles. The van der Waals surface area contributed by atoms with Crippen LogP contribution < -0.4 is 18.9 Å². The smallest absolute Gasteiger partial charge is 0.205 e. The number of carbonyl (C=O) groups is 1. The zero-order valence-electron chi connectivity index (χ0n) is 14.2. The number of carbonyl (C=O) groups excluding carboxylic acids is 1. The van der Waals surface area contributed by atoms with Crippen LogP contribution in [0, 0.1) is 0 Å². The van der Waals surface area contributed by atoms with Crippen LogP contribution in [-0.2, 0) is 0 Å². The molecule has 0 aliphatic heterocycles. The summed E-state index contributed by atoms with van der Waals surface area (Å²) in [5.41, 5.74) is 0.794. The van der Waals surface area contributed by atoms with Crippen LogP contribution in [0.4, 0.5) is 0 Å². The second-order valence-electron chi connectivity index (χ2n) is 5.12. The Labute approximate surface area is 148 Å². The first-order valence-corrected chi connectivity index (χ1v) is 8.50. The summed E-state index contributed by atoms with van der Waals surface area (Å²) >= 11 is 1.50. The molecule has 6 nitrogen and oxygen atoms in total. The lowest BCUT2D eigenvalue weighted by Gasteiger charge is -2.17.